The molecule has 0 fully saturated rings. The van der Waals surface area contributed by atoms with E-state index in [1.54, 1.807) is 13.0 Å². The van der Waals surface area contributed by atoms with Gasteiger partial charge in [-0.3, -0.25) is 4.79 Å². The molecule has 0 spiro atoms. The van der Waals surface area contributed by atoms with Crippen LogP contribution in [0.25, 0.3) is 0 Å². The molecule has 4 N–H and O–H groups in total. The lowest BCUT2D eigenvalue weighted by Gasteiger charge is -2.29. The molecule has 3 atom stereocenters. The van der Waals surface area contributed by atoms with Gasteiger partial charge in [-0.1, -0.05) is 40.7 Å². The van der Waals surface area contributed by atoms with Gasteiger partial charge in [-0.05, 0) is 54.7 Å². The van der Waals surface area contributed by atoms with Crippen molar-refractivity contribution in [2.24, 2.45) is 23.0 Å². The average molecular weight is 320 g/mol. The molecule has 1 aromatic carbocycles. The van der Waals surface area contributed by atoms with Gasteiger partial charge >= 0.3 is 0 Å². The molecule has 0 radical (unpaired) electrons. The first-order chi connectivity index (χ1) is 10.5. The third kappa shape index (κ3) is 6.22. The number of carbonyl (C=O) groups is 1. The maximum Gasteiger partial charge on any atom is 0.241 e. The van der Waals surface area contributed by atoms with E-state index in [4.69, 9.17) is 5.73 Å². The maximum absolute atomic E-state index is 11.7. The molecule has 4 heteroatoms. The first-order valence-corrected chi connectivity index (χ1v) is 8.39. The molecule has 2 unspecified atom stereocenters. The highest BCUT2D eigenvalue weighted by Gasteiger charge is 2.22. The monoisotopic (exact) mass is 320 g/mol. The van der Waals surface area contributed by atoms with Crippen molar-refractivity contribution >= 4 is 11.6 Å². The van der Waals surface area contributed by atoms with Crippen LogP contribution in [0, 0.1) is 17.3 Å². The van der Waals surface area contributed by atoms with Crippen molar-refractivity contribution in [2.75, 3.05) is 5.32 Å². The quantitative estimate of drug-likeness (QED) is 0.695. The molecule has 1 rings (SSSR count). The van der Waals surface area contributed by atoms with Crippen molar-refractivity contribution in [3.05, 3.63) is 23.8 Å². The van der Waals surface area contributed by atoms with Gasteiger partial charge in [0.2, 0.25) is 5.91 Å². The average Bonchev–Trinajstić information content (AvgIpc) is 2.41. The summed E-state index contributed by atoms with van der Waals surface area (Å²) in [7, 11) is 0. The molecule has 0 bridgehead atoms. The fraction of sp³-hybridized carbons (Fsp3) is 0.632. The molecule has 23 heavy (non-hydrogen) atoms. The van der Waals surface area contributed by atoms with Crippen LogP contribution >= 0.6 is 0 Å². The number of hydrogen-bond acceptors (Lipinski definition) is 3. The van der Waals surface area contributed by atoms with Crippen molar-refractivity contribution in [1.29, 1.82) is 0 Å². The van der Waals surface area contributed by atoms with Crippen LogP contribution in [0.4, 0.5) is 5.69 Å². The van der Waals surface area contributed by atoms with Crippen molar-refractivity contribution in [3.63, 3.8) is 0 Å². The third-order valence-electron chi connectivity index (χ3n) is 4.55. The second-order valence-electron chi connectivity index (χ2n) is 7.94. The van der Waals surface area contributed by atoms with Crippen molar-refractivity contribution in [2.45, 2.75) is 60.4 Å². The number of phenolic OH excluding ortho intramolecular Hbond substituents is 1. The van der Waals surface area contributed by atoms with E-state index < -0.39 is 6.04 Å². The molecule has 0 aromatic heterocycles. The molecule has 0 aliphatic heterocycles. The van der Waals surface area contributed by atoms with E-state index in [1.165, 1.54) is 0 Å². The number of carbonyl (C=O) groups excluding carboxylic acids is 1. The van der Waals surface area contributed by atoms with Gasteiger partial charge in [0.1, 0.15) is 5.75 Å². The Morgan fingerprint density at radius 2 is 1.87 bits per heavy atom. The number of aromatic hydroxyl groups is 1. The summed E-state index contributed by atoms with van der Waals surface area (Å²) >= 11 is 0. The summed E-state index contributed by atoms with van der Waals surface area (Å²) in [5.74, 6) is 0.933. The zero-order chi connectivity index (χ0) is 17.8. The zero-order valence-electron chi connectivity index (χ0n) is 15.3. The Kier molecular flexibility index (Phi) is 6.63. The topological polar surface area (TPSA) is 75.4 Å². The van der Waals surface area contributed by atoms with Gasteiger partial charge in [0.05, 0.1) is 11.7 Å². The van der Waals surface area contributed by atoms with E-state index in [0.29, 0.717) is 22.9 Å². The number of nitrogens with two attached hydrogens (primary N) is 1. The number of benzene rings is 1. The third-order valence-corrected chi connectivity index (χ3v) is 4.55. The van der Waals surface area contributed by atoms with Gasteiger partial charge in [0, 0.05) is 0 Å². The Morgan fingerprint density at radius 3 is 2.39 bits per heavy atom. The standard InChI is InChI=1S/C19H32N2O2/c1-12(9-13(2)19(4,5)6)10-15-7-8-17(22)16(11-15)21-18(23)14(3)20/h7-8,11-14,22H,9-10,20H2,1-6H3,(H,21,23)/t12-,13?,14?/m0/s1. The molecule has 0 heterocycles. The van der Waals surface area contributed by atoms with E-state index >= 15 is 0 Å². The van der Waals surface area contributed by atoms with Gasteiger partial charge in [-0.2, -0.15) is 0 Å². The molecule has 0 saturated carbocycles. The summed E-state index contributed by atoms with van der Waals surface area (Å²) in [6, 6.07) is 4.78. The van der Waals surface area contributed by atoms with Gasteiger partial charge in [-0.25, -0.2) is 0 Å². The lowest BCUT2D eigenvalue weighted by atomic mass is 9.76. The van der Waals surface area contributed by atoms with Gasteiger partial charge in [0.25, 0.3) is 0 Å². The van der Waals surface area contributed by atoms with Crippen LogP contribution in [0.5, 0.6) is 5.75 Å². The summed E-state index contributed by atoms with van der Waals surface area (Å²) in [6.45, 7) is 13.0. The number of nitrogens with one attached hydrogen (secondary N) is 1. The SMILES string of the molecule is CC(N)C(=O)Nc1cc(C[C@@H](C)CC(C)C(C)(C)C)ccc1O. The van der Waals surface area contributed by atoms with Gasteiger partial charge in [-0.15, -0.1) is 0 Å². The normalized spacial score (nSPS) is 15.8. The van der Waals surface area contributed by atoms with Crippen LogP contribution in [0.15, 0.2) is 18.2 Å². The lowest BCUT2D eigenvalue weighted by Crippen LogP contribution is -2.32. The van der Waals surface area contributed by atoms with Crippen molar-refractivity contribution in [1.82, 2.24) is 0 Å². The number of rotatable bonds is 6. The summed E-state index contributed by atoms with van der Waals surface area (Å²) in [4.78, 5) is 11.7. The fourth-order valence-electron chi connectivity index (χ4n) is 2.50. The molecular formula is C19H32N2O2. The van der Waals surface area contributed by atoms with Crippen LogP contribution < -0.4 is 11.1 Å². The van der Waals surface area contributed by atoms with Crippen LogP contribution in [0.3, 0.4) is 0 Å². The fourth-order valence-corrected chi connectivity index (χ4v) is 2.50. The van der Waals surface area contributed by atoms with Crippen molar-refractivity contribution in [3.8, 4) is 5.75 Å². The Morgan fingerprint density at radius 1 is 1.26 bits per heavy atom. The molecule has 0 aliphatic carbocycles. The molecule has 0 saturated heterocycles. The van der Waals surface area contributed by atoms with Crippen molar-refractivity contribution < 1.29 is 9.90 Å². The minimum Gasteiger partial charge on any atom is -0.506 e. The Bertz CT molecular complexity index is 533. The van der Waals surface area contributed by atoms with E-state index in [9.17, 15) is 9.90 Å². The van der Waals surface area contributed by atoms with E-state index in [0.717, 1.165) is 18.4 Å². The van der Waals surface area contributed by atoms with Crippen LogP contribution in [-0.2, 0) is 11.2 Å². The highest BCUT2D eigenvalue weighted by Crippen LogP contribution is 2.32. The van der Waals surface area contributed by atoms with Gasteiger partial charge < -0.3 is 16.2 Å². The molecule has 1 amide bonds. The predicted molar refractivity (Wildman–Crippen MR) is 96.5 cm³/mol. The van der Waals surface area contributed by atoms with Crippen LogP contribution in [0.1, 0.15) is 53.5 Å². The molecule has 130 valence electrons. The Labute approximate surface area is 140 Å². The number of phenols is 1. The highest BCUT2D eigenvalue weighted by atomic mass is 16.3. The second-order valence-corrected chi connectivity index (χ2v) is 7.94. The van der Waals surface area contributed by atoms with E-state index in [1.807, 2.05) is 12.1 Å². The highest BCUT2D eigenvalue weighted by molar-refractivity contribution is 5.95. The molecule has 4 nitrogen and oxygen atoms in total. The van der Waals surface area contributed by atoms with E-state index in [-0.39, 0.29) is 11.7 Å². The number of amides is 1. The maximum atomic E-state index is 11.7. The van der Waals surface area contributed by atoms with Crippen LogP contribution in [-0.4, -0.2) is 17.1 Å². The number of anilines is 1. The van der Waals surface area contributed by atoms with Gasteiger partial charge in [0.15, 0.2) is 0 Å². The zero-order valence-corrected chi connectivity index (χ0v) is 15.3. The molecular weight excluding hydrogens is 288 g/mol. The predicted octanol–water partition coefficient (Wildman–Crippen LogP) is 3.93. The molecule has 1 aromatic rings. The van der Waals surface area contributed by atoms with Crippen LogP contribution in [0.2, 0.25) is 0 Å². The summed E-state index contributed by atoms with van der Waals surface area (Å²) in [5, 5.41) is 12.6. The lowest BCUT2D eigenvalue weighted by molar-refractivity contribution is -0.117. The smallest absolute Gasteiger partial charge is 0.241 e. The summed E-state index contributed by atoms with van der Waals surface area (Å²) in [6.07, 6.45) is 2.06. The summed E-state index contributed by atoms with van der Waals surface area (Å²) < 4.78 is 0. The number of hydrogen-bond donors (Lipinski definition) is 3. The largest absolute Gasteiger partial charge is 0.506 e. The Hall–Kier alpha value is -1.55. The first kappa shape index (κ1) is 19.5. The minimum absolute atomic E-state index is 0.0680. The van der Waals surface area contributed by atoms with E-state index in [2.05, 4.69) is 39.9 Å². The second kappa shape index (κ2) is 7.82. The first-order valence-electron chi connectivity index (χ1n) is 8.39. The Balaban J connectivity index is 2.76. The summed E-state index contributed by atoms with van der Waals surface area (Å²) in [5.41, 5.74) is 7.40. The minimum atomic E-state index is -0.607. The molecule has 0 aliphatic rings.